The first-order valence-corrected chi connectivity index (χ1v) is 9.91. The maximum absolute atomic E-state index is 13.2. The summed E-state index contributed by atoms with van der Waals surface area (Å²) in [6, 6.07) is 0. The molecule has 0 radical (unpaired) electrons. The third kappa shape index (κ3) is 4.90. The molecule has 7 heteroatoms. The second-order valence-electron chi connectivity index (χ2n) is 8.00. The van der Waals surface area contributed by atoms with Crippen LogP contribution in [-0.4, -0.2) is 74.6 Å². The van der Waals surface area contributed by atoms with Crippen LogP contribution in [0.25, 0.3) is 0 Å². The second-order valence-corrected chi connectivity index (χ2v) is 8.00. The molecule has 3 aliphatic rings. The van der Waals surface area contributed by atoms with Gasteiger partial charge in [0.15, 0.2) is 0 Å². The molecule has 3 rings (SSSR count). The number of carbonyl (C=O) groups excluding carboxylic acids is 2. The summed E-state index contributed by atoms with van der Waals surface area (Å²) in [5, 5.41) is 3.35. The highest BCUT2D eigenvalue weighted by Crippen LogP contribution is 2.33. The molecule has 26 heavy (non-hydrogen) atoms. The molecule has 3 aliphatic heterocycles. The van der Waals surface area contributed by atoms with Gasteiger partial charge in [-0.3, -0.25) is 9.59 Å². The highest BCUT2D eigenvalue weighted by molar-refractivity contribution is 5.85. The number of rotatable bonds is 5. The van der Waals surface area contributed by atoms with Crippen molar-refractivity contribution in [3.8, 4) is 0 Å². The average molecular weight is 388 g/mol. The monoisotopic (exact) mass is 387 g/mol. The van der Waals surface area contributed by atoms with E-state index in [4.69, 9.17) is 4.74 Å². The van der Waals surface area contributed by atoms with Gasteiger partial charge < -0.3 is 19.9 Å². The van der Waals surface area contributed by atoms with Crippen LogP contribution in [0.1, 0.15) is 44.9 Å². The predicted octanol–water partition coefficient (Wildman–Crippen LogP) is 1.68. The van der Waals surface area contributed by atoms with Crippen molar-refractivity contribution in [1.82, 2.24) is 15.1 Å². The van der Waals surface area contributed by atoms with Crippen LogP contribution in [0, 0.1) is 11.3 Å². The Morgan fingerprint density at radius 3 is 2.50 bits per heavy atom. The lowest BCUT2D eigenvalue weighted by molar-refractivity contribution is -0.149. The molecular weight excluding hydrogens is 354 g/mol. The summed E-state index contributed by atoms with van der Waals surface area (Å²) in [6.07, 6.45) is 6.64. The zero-order valence-corrected chi connectivity index (χ0v) is 16.8. The topological polar surface area (TPSA) is 61.9 Å². The molecule has 0 aromatic carbocycles. The second kappa shape index (κ2) is 9.90. The Labute approximate surface area is 163 Å². The third-order valence-corrected chi connectivity index (χ3v) is 6.24. The van der Waals surface area contributed by atoms with Crippen molar-refractivity contribution in [2.75, 3.05) is 53.0 Å². The fourth-order valence-corrected chi connectivity index (χ4v) is 4.62. The van der Waals surface area contributed by atoms with Gasteiger partial charge in [0.2, 0.25) is 11.8 Å². The molecule has 0 bridgehead atoms. The Morgan fingerprint density at radius 1 is 1.19 bits per heavy atom. The fourth-order valence-electron chi connectivity index (χ4n) is 4.62. The Balaban J connectivity index is 0.00000243. The van der Waals surface area contributed by atoms with Crippen LogP contribution >= 0.6 is 12.4 Å². The molecule has 6 nitrogen and oxygen atoms in total. The van der Waals surface area contributed by atoms with Crippen LogP contribution in [0.2, 0.25) is 0 Å². The standard InChI is InChI=1S/C19H33N3O3.ClH/c1-25-15-19(7-9-20-10-8-19)18(24)21-12-5-16(6-13-21)14-22-11-3-2-4-17(22)23;/h16,20H,2-15H2,1H3;1H. The zero-order valence-electron chi connectivity index (χ0n) is 16.0. The largest absolute Gasteiger partial charge is 0.384 e. The lowest BCUT2D eigenvalue weighted by atomic mass is 9.77. The lowest BCUT2D eigenvalue weighted by Crippen LogP contribution is -2.53. The fraction of sp³-hybridized carbons (Fsp3) is 0.895. The Morgan fingerprint density at radius 2 is 1.88 bits per heavy atom. The molecule has 1 N–H and O–H groups in total. The van der Waals surface area contributed by atoms with Gasteiger partial charge in [0, 0.05) is 39.7 Å². The van der Waals surface area contributed by atoms with Crippen LogP contribution in [0.4, 0.5) is 0 Å². The van der Waals surface area contributed by atoms with Gasteiger partial charge in [0.05, 0.1) is 12.0 Å². The van der Waals surface area contributed by atoms with Crippen molar-refractivity contribution in [2.24, 2.45) is 11.3 Å². The third-order valence-electron chi connectivity index (χ3n) is 6.24. The van der Waals surface area contributed by atoms with Gasteiger partial charge in [-0.05, 0) is 57.5 Å². The summed E-state index contributed by atoms with van der Waals surface area (Å²) in [7, 11) is 1.69. The molecule has 3 saturated heterocycles. The number of nitrogens with one attached hydrogen (secondary N) is 1. The maximum Gasteiger partial charge on any atom is 0.231 e. The number of ether oxygens (including phenoxy) is 1. The molecule has 0 atom stereocenters. The lowest BCUT2D eigenvalue weighted by Gasteiger charge is -2.42. The van der Waals surface area contributed by atoms with Gasteiger partial charge in [0.25, 0.3) is 0 Å². The molecule has 0 aromatic heterocycles. The first kappa shape index (κ1) is 21.5. The van der Waals surface area contributed by atoms with E-state index in [0.29, 0.717) is 24.9 Å². The molecule has 0 aromatic rings. The number of amides is 2. The minimum Gasteiger partial charge on any atom is -0.384 e. The SMILES string of the molecule is COCC1(C(=O)N2CCC(CN3CCCCC3=O)CC2)CCNCC1.Cl. The summed E-state index contributed by atoms with van der Waals surface area (Å²) in [6.45, 7) is 5.76. The van der Waals surface area contributed by atoms with Gasteiger partial charge in [0.1, 0.15) is 0 Å². The highest BCUT2D eigenvalue weighted by atomic mass is 35.5. The van der Waals surface area contributed by atoms with Crippen LogP contribution in [0.5, 0.6) is 0 Å². The van der Waals surface area contributed by atoms with E-state index in [1.807, 2.05) is 4.90 Å². The van der Waals surface area contributed by atoms with Gasteiger partial charge in [-0.2, -0.15) is 0 Å². The number of hydrogen-bond acceptors (Lipinski definition) is 4. The van der Waals surface area contributed by atoms with Crippen molar-refractivity contribution >= 4 is 24.2 Å². The Kier molecular flexibility index (Phi) is 8.17. The molecule has 3 fully saturated rings. The van der Waals surface area contributed by atoms with E-state index < -0.39 is 0 Å². The molecule has 3 heterocycles. The van der Waals surface area contributed by atoms with Crippen molar-refractivity contribution in [2.45, 2.75) is 44.9 Å². The highest BCUT2D eigenvalue weighted by Gasteiger charge is 2.43. The first-order valence-electron chi connectivity index (χ1n) is 9.91. The zero-order chi connectivity index (χ0) is 17.7. The summed E-state index contributed by atoms with van der Waals surface area (Å²) in [5.41, 5.74) is -0.338. The molecule has 2 amide bonds. The number of methoxy groups -OCH3 is 1. The van der Waals surface area contributed by atoms with Gasteiger partial charge >= 0.3 is 0 Å². The summed E-state index contributed by atoms with van der Waals surface area (Å²) in [5.74, 6) is 1.14. The molecule has 0 spiro atoms. The molecule has 150 valence electrons. The molecular formula is C19H34ClN3O3. The van der Waals surface area contributed by atoms with E-state index in [9.17, 15) is 9.59 Å². The smallest absolute Gasteiger partial charge is 0.231 e. The number of carbonyl (C=O) groups is 2. The number of likely N-dealkylation sites (tertiary alicyclic amines) is 2. The number of nitrogens with zero attached hydrogens (tertiary/aromatic N) is 2. The minimum absolute atomic E-state index is 0. The molecule has 0 aliphatic carbocycles. The number of halogens is 1. The van der Waals surface area contributed by atoms with E-state index >= 15 is 0 Å². The van der Waals surface area contributed by atoms with Crippen molar-refractivity contribution in [1.29, 1.82) is 0 Å². The number of piperidine rings is 3. The normalized spacial score (nSPS) is 24.3. The first-order chi connectivity index (χ1) is 12.1. The maximum atomic E-state index is 13.2. The van der Waals surface area contributed by atoms with E-state index in [0.717, 1.165) is 77.8 Å². The van der Waals surface area contributed by atoms with E-state index in [2.05, 4.69) is 10.2 Å². The van der Waals surface area contributed by atoms with Crippen LogP contribution in [-0.2, 0) is 14.3 Å². The Hall–Kier alpha value is -0.850. The molecule has 0 unspecified atom stereocenters. The summed E-state index contributed by atoms with van der Waals surface area (Å²) >= 11 is 0. The van der Waals surface area contributed by atoms with Crippen LogP contribution in [0.15, 0.2) is 0 Å². The van der Waals surface area contributed by atoms with Crippen LogP contribution in [0.3, 0.4) is 0 Å². The summed E-state index contributed by atoms with van der Waals surface area (Å²) < 4.78 is 5.41. The van der Waals surface area contributed by atoms with E-state index in [1.165, 1.54) is 0 Å². The van der Waals surface area contributed by atoms with Gasteiger partial charge in [-0.25, -0.2) is 0 Å². The van der Waals surface area contributed by atoms with Gasteiger partial charge in [-0.15, -0.1) is 12.4 Å². The van der Waals surface area contributed by atoms with E-state index in [-0.39, 0.29) is 23.7 Å². The predicted molar refractivity (Wildman–Crippen MR) is 103 cm³/mol. The van der Waals surface area contributed by atoms with Crippen molar-refractivity contribution in [3.63, 3.8) is 0 Å². The molecule has 0 saturated carbocycles. The van der Waals surface area contributed by atoms with Crippen molar-refractivity contribution < 1.29 is 14.3 Å². The quantitative estimate of drug-likeness (QED) is 0.779. The average Bonchev–Trinajstić information content (AvgIpc) is 2.65. The minimum atomic E-state index is -0.338. The Bertz CT molecular complexity index is 469. The van der Waals surface area contributed by atoms with E-state index in [1.54, 1.807) is 7.11 Å². The number of hydrogen-bond donors (Lipinski definition) is 1. The van der Waals surface area contributed by atoms with Gasteiger partial charge in [-0.1, -0.05) is 0 Å². The summed E-state index contributed by atoms with van der Waals surface area (Å²) in [4.78, 5) is 29.3. The van der Waals surface area contributed by atoms with Crippen LogP contribution < -0.4 is 5.32 Å². The van der Waals surface area contributed by atoms with Crippen molar-refractivity contribution in [3.05, 3.63) is 0 Å².